The summed E-state index contributed by atoms with van der Waals surface area (Å²) in [7, 11) is 23.6. The first kappa shape index (κ1) is 94.9. The fourth-order valence-corrected chi connectivity index (χ4v) is 12.5. The van der Waals surface area contributed by atoms with Gasteiger partial charge in [-0.1, -0.05) is 92.7 Å². The van der Waals surface area contributed by atoms with Crippen molar-refractivity contribution in [1.82, 2.24) is 60.0 Å². The second kappa shape index (κ2) is 52.5. The van der Waals surface area contributed by atoms with Gasteiger partial charge in [0.2, 0.25) is 0 Å². The van der Waals surface area contributed by atoms with Crippen LogP contribution in [0.5, 0.6) is 46.0 Å². The Kier molecular flexibility index (Phi) is 41.9. The van der Waals surface area contributed by atoms with Crippen LogP contribution in [0.1, 0.15) is 134 Å². The van der Waals surface area contributed by atoms with Gasteiger partial charge in [0, 0.05) is 78.9 Å². The first-order valence-corrected chi connectivity index (χ1v) is 40.5. The molecule has 36 heteroatoms. The molecule has 8 radical (unpaired) electrons. The van der Waals surface area contributed by atoms with Crippen LogP contribution in [-0.2, 0) is 134 Å². The Hall–Kier alpha value is -9.54. The van der Waals surface area contributed by atoms with Gasteiger partial charge in [0.1, 0.15) is 0 Å². The largest absolute Gasteiger partial charge is 0.490 e. The van der Waals surface area contributed by atoms with E-state index in [0.717, 1.165) is 67.3 Å². The summed E-state index contributed by atoms with van der Waals surface area (Å²) in [6, 6.07) is 14.7. The number of aryl methyl sites for hydroxylation is 8. The summed E-state index contributed by atoms with van der Waals surface area (Å²) in [6.45, 7) is 21.2. The lowest BCUT2D eigenvalue weighted by Gasteiger charge is -2.33. The number of hydrogen-bond donors (Lipinski definition) is 0. The summed E-state index contributed by atoms with van der Waals surface area (Å²) in [6.07, 6.45) is 15.0. The Labute approximate surface area is 702 Å². The molecule has 4 heterocycles. The number of ether oxygens (including phenoxy) is 16. The molecule has 0 N–H and O–H groups in total. The highest BCUT2D eigenvalue weighted by molar-refractivity contribution is 6.09. The molecule has 32 nitrogen and oxygen atoms in total. The van der Waals surface area contributed by atoms with E-state index in [-0.39, 0.29) is 39.6 Å². The van der Waals surface area contributed by atoms with E-state index in [0.29, 0.717) is 254 Å². The summed E-state index contributed by atoms with van der Waals surface area (Å²) >= 11 is 0. The molecular formula is C83H112B4N12O20. The lowest BCUT2D eigenvalue weighted by molar-refractivity contribution is -0.133. The molecule has 0 atom stereocenters. The van der Waals surface area contributed by atoms with Crippen molar-refractivity contribution in [2.24, 2.45) is 5.41 Å². The molecule has 0 aliphatic rings. The minimum Gasteiger partial charge on any atom is -0.490 e. The normalized spacial score (nSPS) is 11.5. The molecule has 0 saturated heterocycles. The lowest BCUT2D eigenvalue weighted by Crippen LogP contribution is -2.42. The Balaban J connectivity index is 0.822. The van der Waals surface area contributed by atoms with Crippen LogP contribution in [0, 0.1) is 33.1 Å². The molecular weight excluding hydrogens is 1530 g/mol. The topological polar surface area (TPSA) is 339 Å². The van der Waals surface area contributed by atoms with Crippen LogP contribution in [0.4, 0.5) is 0 Å². The molecule has 0 spiro atoms. The highest BCUT2D eigenvalue weighted by Gasteiger charge is 2.33. The molecule has 0 bridgehead atoms. The second-order valence-corrected chi connectivity index (χ2v) is 28.7. The van der Waals surface area contributed by atoms with Crippen molar-refractivity contribution in [1.29, 1.82) is 0 Å². The molecule has 8 rings (SSSR count). The first-order valence-electron chi connectivity index (χ1n) is 40.5. The summed E-state index contributed by atoms with van der Waals surface area (Å²) in [4.78, 5) is 47.4. The SMILES string of the molecule is [B]Cc1cc(C)c(OC(C)=O)c(OCCCc2cn(CCOCCCOCC(COCCCOCCn3cc(CCCOc4cc(C[B])cc(C)c4OC(C)=O)nn3)(COCCOCCn3cc(CCCOc4cc(C[B])cc(C)c4OC(C)=O)nn3)COCCOCCn3cc(CCCOc4cc(C[B])cc(C)c4OC(C)=O)nn3)nn2)c1. The van der Waals surface area contributed by atoms with Crippen molar-refractivity contribution in [3.63, 3.8) is 0 Å². The lowest BCUT2D eigenvalue weighted by atomic mass is 9.92. The number of carbonyl (C=O) groups is 4. The van der Waals surface area contributed by atoms with Crippen LogP contribution < -0.4 is 37.9 Å². The zero-order valence-electron chi connectivity index (χ0n) is 70.1. The van der Waals surface area contributed by atoms with Gasteiger partial charge in [-0.25, -0.2) is 18.7 Å². The van der Waals surface area contributed by atoms with Crippen molar-refractivity contribution in [3.05, 3.63) is 141 Å². The van der Waals surface area contributed by atoms with E-state index in [4.69, 9.17) is 107 Å². The molecule has 0 unspecified atom stereocenters. The smallest absolute Gasteiger partial charge is 0.308 e. The van der Waals surface area contributed by atoms with Gasteiger partial charge in [-0.15, -0.1) is 20.4 Å². The fourth-order valence-electron chi connectivity index (χ4n) is 12.5. The third-order valence-electron chi connectivity index (χ3n) is 18.2. The molecule has 119 heavy (non-hydrogen) atoms. The van der Waals surface area contributed by atoms with Crippen molar-refractivity contribution < 1.29 is 95.0 Å². The maximum atomic E-state index is 11.9. The molecule has 8 aromatic rings. The van der Waals surface area contributed by atoms with Crippen LogP contribution in [0.3, 0.4) is 0 Å². The van der Waals surface area contributed by atoms with E-state index in [1.165, 1.54) is 27.7 Å². The summed E-state index contributed by atoms with van der Waals surface area (Å²) in [5, 5.41) is 34.6. The molecule has 0 aliphatic carbocycles. The van der Waals surface area contributed by atoms with Gasteiger partial charge in [0.25, 0.3) is 0 Å². The van der Waals surface area contributed by atoms with Gasteiger partial charge >= 0.3 is 23.9 Å². The van der Waals surface area contributed by atoms with E-state index in [9.17, 15) is 19.2 Å². The van der Waals surface area contributed by atoms with Gasteiger partial charge in [-0.3, -0.25) is 19.2 Å². The fraction of sp³-hybridized carbons (Fsp3) is 0.566. The predicted molar refractivity (Wildman–Crippen MR) is 441 cm³/mol. The van der Waals surface area contributed by atoms with Gasteiger partial charge in [-0.2, -0.15) is 0 Å². The van der Waals surface area contributed by atoms with E-state index >= 15 is 0 Å². The zero-order chi connectivity index (χ0) is 85.0. The Bertz CT molecular complexity index is 4120. The summed E-state index contributed by atoms with van der Waals surface area (Å²) < 4.78 is 103. The highest BCUT2D eigenvalue weighted by Crippen LogP contribution is 2.37. The van der Waals surface area contributed by atoms with Gasteiger partial charge in [0.05, 0.1) is 191 Å². The van der Waals surface area contributed by atoms with Gasteiger partial charge in [0.15, 0.2) is 46.0 Å². The Morgan fingerprint density at radius 3 is 0.773 bits per heavy atom. The molecule has 0 saturated carbocycles. The zero-order valence-corrected chi connectivity index (χ0v) is 70.1. The number of carbonyl (C=O) groups excluding carboxylic acids is 4. The van der Waals surface area contributed by atoms with Gasteiger partial charge in [-0.05, 0) is 138 Å². The van der Waals surface area contributed by atoms with Crippen molar-refractivity contribution >= 4 is 55.3 Å². The molecule has 4 aromatic carbocycles. The predicted octanol–water partition coefficient (Wildman–Crippen LogP) is 7.71. The van der Waals surface area contributed by atoms with E-state index < -0.39 is 29.3 Å². The maximum Gasteiger partial charge on any atom is 0.308 e. The average Bonchev–Trinajstić information content (AvgIpc) is 1.45. The average molecular weight is 1640 g/mol. The Morgan fingerprint density at radius 1 is 0.303 bits per heavy atom. The number of esters is 4. The van der Waals surface area contributed by atoms with Crippen LogP contribution >= 0.6 is 0 Å². The molecule has 4 aromatic heterocycles. The maximum absolute atomic E-state index is 11.9. The van der Waals surface area contributed by atoms with E-state index in [1.54, 1.807) is 43.0 Å². The molecule has 636 valence electrons. The number of nitrogens with zero attached hydrogens (tertiary/aromatic N) is 12. The quantitative estimate of drug-likeness (QED) is 0.0152. The minimum absolute atomic E-state index is 0.208. The van der Waals surface area contributed by atoms with Crippen LogP contribution in [-0.4, -0.2) is 247 Å². The first-order chi connectivity index (χ1) is 57.7. The summed E-state index contributed by atoms with van der Waals surface area (Å²) in [5.41, 5.74) is 8.93. The Morgan fingerprint density at radius 2 is 0.529 bits per heavy atom. The van der Waals surface area contributed by atoms with Crippen molar-refractivity contribution in [2.75, 3.05) is 132 Å². The molecule has 0 fully saturated rings. The third-order valence-corrected chi connectivity index (χ3v) is 18.2. The molecule has 0 amide bonds. The van der Waals surface area contributed by atoms with Crippen LogP contribution in [0.2, 0.25) is 0 Å². The number of hydrogen-bond acceptors (Lipinski definition) is 28. The van der Waals surface area contributed by atoms with Crippen LogP contribution in [0.25, 0.3) is 0 Å². The minimum atomic E-state index is -0.779. The van der Waals surface area contributed by atoms with Gasteiger partial charge < -0.3 is 75.8 Å². The second-order valence-electron chi connectivity index (χ2n) is 28.7. The monoisotopic (exact) mass is 1640 g/mol. The summed E-state index contributed by atoms with van der Waals surface area (Å²) in [5.74, 6) is 1.65. The standard InChI is InChI=1S/C83H112B4N12O20/c1-59-39-67(47-84)43-75(79(59)116-63(5)100)112-27-9-15-71-51-96(92-88-71)19-31-104-23-13-25-108-55-83(57-110-37-35-106-33-21-98-53-73(90-94-98)17-11-29-114-77-45-69(49-86)41-61(3)81(77)118-65(7)102,58-111-38-36-107-34-22-99-54-74(91-95-99)18-12-30-115-78-46-70(50-87)42-62(4)82(78)119-66(8)103)56-109-26-14-24-105-32-20-97-52-72(89-93-97)16-10-28-113-76-44-68(48-85)40-60(2)80(76)117-64(6)101/h39-46,51-54H,9-38,47-50,55-58H2,1-8H3. The van der Waals surface area contributed by atoms with E-state index in [1.807, 2.05) is 76.7 Å². The highest BCUT2D eigenvalue weighted by atomic mass is 16.6. The van der Waals surface area contributed by atoms with E-state index in [2.05, 4.69) is 41.2 Å². The molecule has 0 aliphatic heterocycles. The van der Waals surface area contributed by atoms with Crippen LogP contribution in [0.15, 0.2) is 73.3 Å². The number of aromatic nitrogens is 12. The number of rotatable bonds is 62. The van der Waals surface area contributed by atoms with Crippen molar-refractivity contribution in [2.45, 2.75) is 171 Å². The van der Waals surface area contributed by atoms with Crippen molar-refractivity contribution in [3.8, 4) is 46.0 Å². The number of benzene rings is 4. The third kappa shape index (κ3) is 34.6.